The summed E-state index contributed by atoms with van der Waals surface area (Å²) in [6.45, 7) is 1.68. The Balaban J connectivity index is 2.47. The Hall–Kier alpha value is -0.740. The Bertz CT molecular complexity index is 305. The van der Waals surface area contributed by atoms with Gasteiger partial charge in [0.05, 0.1) is 18.2 Å². The van der Waals surface area contributed by atoms with Crippen LogP contribution in [-0.4, -0.2) is 27.3 Å². The molecule has 0 bridgehead atoms. The van der Waals surface area contributed by atoms with Gasteiger partial charge in [-0.1, -0.05) is 0 Å². The van der Waals surface area contributed by atoms with E-state index in [-0.39, 0.29) is 0 Å². The highest BCUT2D eigenvalue weighted by molar-refractivity contribution is 9.10. The Labute approximate surface area is 98.9 Å². The van der Waals surface area contributed by atoms with Gasteiger partial charge in [-0.25, -0.2) is 0 Å². The fourth-order valence-corrected chi connectivity index (χ4v) is 1.63. The van der Waals surface area contributed by atoms with Crippen LogP contribution >= 0.6 is 15.9 Å². The van der Waals surface area contributed by atoms with Crippen molar-refractivity contribution >= 4 is 15.9 Å². The van der Waals surface area contributed by atoms with Gasteiger partial charge in [-0.05, 0) is 54.1 Å². The molecule has 0 heterocycles. The molecule has 0 amide bonds. The molecule has 0 radical (unpaired) electrons. The predicted molar refractivity (Wildman–Crippen MR) is 64.7 cm³/mol. The van der Waals surface area contributed by atoms with Crippen LogP contribution in [0.25, 0.3) is 0 Å². The largest absolute Gasteiger partial charge is 0.497 e. The van der Waals surface area contributed by atoms with Crippen LogP contribution in [0.4, 0.5) is 0 Å². The normalized spacial score (nSPS) is 10.1. The van der Waals surface area contributed by atoms with Crippen molar-refractivity contribution in [1.82, 2.24) is 5.32 Å². The molecule has 0 fully saturated rings. The summed E-state index contributed by atoms with van der Waals surface area (Å²) in [5, 5.41) is 3.08. The van der Waals surface area contributed by atoms with Crippen LogP contribution in [-0.2, 0) is 0 Å². The molecule has 84 valence electrons. The summed E-state index contributed by atoms with van der Waals surface area (Å²) in [5.74, 6) is 1.68. The van der Waals surface area contributed by atoms with Crippen LogP contribution in [0.15, 0.2) is 22.7 Å². The molecule has 0 unspecified atom stereocenters. The van der Waals surface area contributed by atoms with Crippen LogP contribution < -0.4 is 14.8 Å². The van der Waals surface area contributed by atoms with Gasteiger partial charge in [0.1, 0.15) is 11.5 Å². The lowest BCUT2D eigenvalue weighted by molar-refractivity contribution is 0.307. The molecule has 0 atom stereocenters. The van der Waals surface area contributed by atoms with Gasteiger partial charge in [0.2, 0.25) is 0 Å². The average Bonchev–Trinajstić information content (AvgIpc) is 2.26. The van der Waals surface area contributed by atoms with Crippen LogP contribution in [0, 0.1) is 0 Å². The molecule has 3 nitrogen and oxygen atoms in total. The second-order valence-electron chi connectivity index (χ2n) is 3.10. The van der Waals surface area contributed by atoms with Gasteiger partial charge in [-0.3, -0.25) is 0 Å². The molecule has 0 saturated heterocycles. The Kier molecular flexibility index (Phi) is 5.50. The maximum atomic E-state index is 5.60. The van der Waals surface area contributed by atoms with Crippen molar-refractivity contribution < 1.29 is 9.47 Å². The minimum absolute atomic E-state index is 0.714. The number of ether oxygens (including phenoxy) is 2. The minimum atomic E-state index is 0.714. The summed E-state index contributed by atoms with van der Waals surface area (Å²) < 4.78 is 11.6. The molecule has 0 aliphatic carbocycles. The van der Waals surface area contributed by atoms with Crippen LogP contribution in [0.5, 0.6) is 11.5 Å². The molecule has 0 spiro atoms. The summed E-state index contributed by atoms with van der Waals surface area (Å²) in [5.41, 5.74) is 0. The van der Waals surface area contributed by atoms with Crippen molar-refractivity contribution in [3.05, 3.63) is 22.7 Å². The van der Waals surface area contributed by atoms with Crippen molar-refractivity contribution in [2.75, 3.05) is 27.3 Å². The van der Waals surface area contributed by atoms with Crippen LogP contribution in [0.1, 0.15) is 6.42 Å². The third-order valence-corrected chi connectivity index (χ3v) is 2.59. The van der Waals surface area contributed by atoms with Crippen molar-refractivity contribution in [3.8, 4) is 11.5 Å². The number of methoxy groups -OCH3 is 1. The van der Waals surface area contributed by atoms with Crippen molar-refractivity contribution in [2.24, 2.45) is 0 Å². The molecule has 1 aromatic carbocycles. The SMILES string of the molecule is CNCCCOc1ccc(OC)cc1Br. The number of benzene rings is 1. The first-order valence-electron chi connectivity index (χ1n) is 4.89. The van der Waals surface area contributed by atoms with Gasteiger partial charge >= 0.3 is 0 Å². The highest BCUT2D eigenvalue weighted by Gasteiger charge is 2.02. The highest BCUT2D eigenvalue weighted by atomic mass is 79.9. The zero-order valence-corrected chi connectivity index (χ0v) is 10.6. The van der Waals surface area contributed by atoms with E-state index in [4.69, 9.17) is 9.47 Å². The molecular formula is C11H16BrNO2. The molecular weight excluding hydrogens is 258 g/mol. The number of nitrogens with one attached hydrogen (secondary N) is 1. The lowest BCUT2D eigenvalue weighted by Crippen LogP contribution is -2.11. The van der Waals surface area contributed by atoms with E-state index in [1.807, 2.05) is 25.2 Å². The summed E-state index contributed by atoms with van der Waals surface area (Å²) in [7, 11) is 3.58. The van der Waals surface area contributed by atoms with Crippen LogP contribution in [0.2, 0.25) is 0 Å². The molecule has 1 rings (SSSR count). The fourth-order valence-electron chi connectivity index (χ4n) is 1.16. The van der Waals surface area contributed by atoms with Gasteiger partial charge in [0, 0.05) is 0 Å². The minimum Gasteiger partial charge on any atom is -0.497 e. The Morgan fingerprint density at radius 1 is 1.40 bits per heavy atom. The average molecular weight is 274 g/mol. The summed E-state index contributed by atoms with van der Waals surface area (Å²) in [6, 6.07) is 5.69. The maximum absolute atomic E-state index is 5.60. The van der Waals surface area contributed by atoms with Crippen LogP contribution in [0.3, 0.4) is 0 Å². The Morgan fingerprint density at radius 3 is 2.80 bits per heavy atom. The lowest BCUT2D eigenvalue weighted by atomic mass is 10.3. The first kappa shape index (κ1) is 12.3. The van der Waals surface area contributed by atoms with E-state index in [1.54, 1.807) is 7.11 Å². The van der Waals surface area contributed by atoms with E-state index in [2.05, 4.69) is 21.2 Å². The molecule has 0 aliphatic rings. The molecule has 4 heteroatoms. The molecule has 1 aromatic rings. The number of hydrogen-bond acceptors (Lipinski definition) is 3. The molecule has 15 heavy (non-hydrogen) atoms. The quantitative estimate of drug-likeness (QED) is 0.808. The maximum Gasteiger partial charge on any atom is 0.133 e. The molecule has 0 aromatic heterocycles. The van der Waals surface area contributed by atoms with Gasteiger partial charge in [-0.2, -0.15) is 0 Å². The van der Waals surface area contributed by atoms with Gasteiger partial charge in [0.25, 0.3) is 0 Å². The van der Waals surface area contributed by atoms with E-state index in [1.165, 1.54) is 0 Å². The third kappa shape index (κ3) is 4.10. The number of halogens is 1. The van der Waals surface area contributed by atoms with E-state index in [9.17, 15) is 0 Å². The number of hydrogen-bond donors (Lipinski definition) is 1. The van der Waals surface area contributed by atoms with E-state index >= 15 is 0 Å². The van der Waals surface area contributed by atoms with Crippen molar-refractivity contribution in [1.29, 1.82) is 0 Å². The lowest BCUT2D eigenvalue weighted by Gasteiger charge is -2.09. The highest BCUT2D eigenvalue weighted by Crippen LogP contribution is 2.29. The summed E-state index contributed by atoms with van der Waals surface area (Å²) >= 11 is 3.44. The van der Waals surface area contributed by atoms with E-state index in [0.29, 0.717) is 6.61 Å². The second kappa shape index (κ2) is 6.69. The topological polar surface area (TPSA) is 30.5 Å². The van der Waals surface area contributed by atoms with Gasteiger partial charge in [-0.15, -0.1) is 0 Å². The molecule has 0 saturated carbocycles. The van der Waals surface area contributed by atoms with E-state index < -0.39 is 0 Å². The summed E-state index contributed by atoms with van der Waals surface area (Å²) in [4.78, 5) is 0. The fraction of sp³-hybridized carbons (Fsp3) is 0.455. The molecule has 1 N–H and O–H groups in total. The Morgan fingerprint density at radius 2 is 2.20 bits per heavy atom. The van der Waals surface area contributed by atoms with E-state index in [0.717, 1.165) is 28.9 Å². The first-order valence-corrected chi connectivity index (χ1v) is 5.68. The van der Waals surface area contributed by atoms with Gasteiger partial charge in [0.15, 0.2) is 0 Å². The predicted octanol–water partition coefficient (Wildman–Crippen LogP) is 2.45. The molecule has 0 aliphatic heterocycles. The summed E-state index contributed by atoms with van der Waals surface area (Å²) in [6.07, 6.45) is 0.995. The first-order chi connectivity index (χ1) is 7.27. The zero-order valence-electron chi connectivity index (χ0n) is 9.05. The van der Waals surface area contributed by atoms with Crippen molar-refractivity contribution in [2.45, 2.75) is 6.42 Å². The smallest absolute Gasteiger partial charge is 0.133 e. The monoisotopic (exact) mass is 273 g/mol. The van der Waals surface area contributed by atoms with Crippen molar-refractivity contribution in [3.63, 3.8) is 0 Å². The third-order valence-electron chi connectivity index (χ3n) is 1.97. The van der Waals surface area contributed by atoms with Gasteiger partial charge < -0.3 is 14.8 Å². The zero-order chi connectivity index (χ0) is 11.1. The number of rotatable bonds is 6. The standard InChI is InChI=1S/C11H16BrNO2/c1-13-6-3-7-15-11-5-4-9(14-2)8-10(11)12/h4-5,8,13H,3,6-7H2,1-2H3. The second-order valence-corrected chi connectivity index (χ2v) is 3.96.